The van der Waals surface area contributed by atoms with Crippen LogP contribution in [0.2, 0.25) is 0 Å². The lowest BCUT2D eigenvalue weighted by Crippen LogP contribution is -2.30. The highest BCUT2D eigenvalue weighted by Crippen LogP contribution is 2.09. The van der Waals surface area contributed by atoms with Crippen LogP contribution in [0.3, 0.4) is 0 Å². The van der Waals surface area contributed by atoms with Crippen LogP contribution in [0.15, 0.2) is 54.6 Å². The van der Waals surface area contributed by atoms with Crippen LogP contribution in [-0.2, 0) is 20.7 Å². The summed E-state index contributed by atoms with van der Waals surface area (Å²) in [5.41, 5.74) is 1.48. The van der Waals surface area contributed by atoms with Crippen LogP contribution in [0.25, 0.3) is 0 Å². The summed E-state index contributed by atoms with van der Waals surface area (Å²) in [6.45, 7) is 1.52. The third-order valence-corrected chi connectivity index (χ3v) is 3.25. The van der Waals surface area contributed by atoms with E-state index in [0.29, 0.717) is 12.1 Å². The van der Waals surface area contributed by atoms with Crippen LogP contribution < -0.4 is 5.32 Å². The van der Waals surface area contributed by atoms with E-state index in [1.807, 2.05) is 6.07 Å². The lowest BCUT2D eigenvalue weighted by Gasteiger charge is -2.13. The van der Waals surface area contributed by atoms with Crippen LogP contribution in [0.1, 0.15) is 18.9 Å². The molecule has 2 rings (SSSR count). The van der Waals surface area contributed by atoms with Crippen molar-refractivity contribution in [1.82, 2.24) is 0 Å². The number of nitrogens with one attached hydrogen (secondary N) is 1. The number of benzene rings is 2. The van der Waals surface area contributed by atoms with Crippen molar-refractivity contribution < 1.29 is 18.7 Å². The Hall–Kier alpha value is -2.69. The fraction of sp³-hybridized carbons (Fsp3) is 0.222. The molecule has 0 heterocycles. The summed E-state index contributed by atoms with van der Waals surface area (Å²) in [7, 11) is 0. The zero-order valence-corrected chi connectivity index (χ0v) is 12.8. The molecule has 2 aromatic carbocycles. The second-order valence-corrected chi connectivity index (χ2v) is 5.11. The second kappa shape index (κ2) is 8.08. The topological polar surface area (TPSA) is 55.4 Å². The van der Waals surface area contributed by atoms with Gasteiger partial charge in [-0.3, -0.25) is 9.59 Å². The molecular formula is C18H18FNO3. The number of rotatable bonds is 6. The predicted octanol–water partition coefficient (Wildman–Crippen LogP) is 3.33. The Balaban J connectivity index is 1.77. The number of carbonyl (C=O) groups excluding carboxylic acids is 2. The average Bonchev–Trinajstić information content (AvgIpc) is 2.55. The van der Waals surface area contributed by atoms with E-state index in [9.17, 15) is 14.0 Å². The van der Waals surface area contributed by atoms with Crippen LogP contribution in [0.4, 0.5) is 10.1 Å². The van der Waals surface area contributed by atoms with E-state index in [1.54, 1.807) is 36.4 Å². The molecule has 0 aliphatic heterocycles. The van der Waals surface area contributed by atoms with Crippen molar-refractivity contribution in [3.63, 3.8) is 0 Å². The van der Waals surface area contributed by atoms with Crippen molar-refractivity contribution >= 4 is 17.6 Å². The zero-order chi connectivity index (χ0) is 16.7. The minimum Gasteiger partial charge on any atom is -0.453 e. The number of halogens is 1. The summed E-state index contributed by atoms with van der Waals surface area (Å²) < 4.78 is 17.9. The van der Waals surface area contributed by atoms with Crippen LogP contribution in [-0.4, -0.2) is 18.0 Å². The van der Waals surface area contributed by atoms with Gasteiger partial charge in [-0.15, -0.1) is 0 Å². The minimum atomic E-state index is -0.879. The van der Waals surface area contributed by atoms with Crippen molar-refractivity contribution in [2.45, 2.75) is 25.9 Å². The number of esters is 1. The van der Waals surface area contributed by atoms with Crippen LogP contribution >= 0.6 is 0 Å². The average molecular weight is 315 g/mol. The lowest BCUT2D eigenvalue weighted by atomic mass is 10.1. The number of hydrogen-bond donors (Lipinski definition) is 1. The first kappa shape index (κ1) is 16.7. The van der Waals surface area contributed by atoms with Crippen molar-refractivity contribution in [2.75, 3.05) is 5.32 Å². The monoisotopic (exact) mass is 315 g/mol. The molecular weight excluding hydrogens is 297 g/mol. The standard InChI is InChI=1S/C18H18FNO3/c1-13(18(22)20-16-5-3-2-4-6-16)23-17(21)12-9-14-7-10-15(19)11-8-14/h2-8,10-11,13H,9,12H2,1H3,(H,20,22)/t13-/m0/s1. The molecule has 2 aromatic rings. The second-order valence-electron chi connectivity index (χ2n) is 5.11. The van der Waals surface area contributed by atoms with Gasteiger partial charge in [0.25, 0.3) is 5.91 Å². The van der Waals surface area contributed by atoms with Gasteiger partial charge in [0.15, 0.2) is 6.10 Å². The van der Waals surface area contributed by atoms with Gasteiger partial charge in [-0.25, -0.2) is 4.39 Å². The maximum Gasteiger partial charge on any atom is 0.306 e. The Labute approximate surface area is 134 Å². The highest BCUT2D eigenvalue weighted by atomic mass is 19.1. The Morgan fingerprint density at radius 1 is 1.09 bits per heavy atom. The van der Waals surface area contributed by atoms with E-state index in [1.165, 1.54) is 19.1 Å². The molecule has 5 heteroatoms. The number of para-hydroxylation sites is 1. The van der Waals surface area contributed by atoms with E-state index >= 15 is 0 Å². The van der Waals surface area contributed by atoms with E-state index in [4.69, 9.17) is 4.74 Å². The van der Waals surface area contributed by atoms with Gasteiger partial charge in [-0.1, -0.05) is 30.3 Å². The largest absolute Gasteiger partial charge is 0.453 e. The highest BCUT2D eigenvalue weighted by molar-refractivity contribution is 5.95. The Bertz CT molecular complexity index is 656. The number of carbonyl (C=O) groups is 2. The molecule has 120 valence electrons. The molecule has 0 fully saturated rings. The lowest BCUT2D eigenvalue weighted by molar-refractivity contribution is -0.153. The summed E-state index contributed by atoms with van der Waals surface area (Å²) in [5, 5.41) is 2.67. The molecule has 1 atom stereocenters. The molecule has 1 N–H and O–H groups in total. The normalized spacial score (nSPS) is 11.6. The van der Waals surface area contributed by atoms with Gasteiger partial charge in [0, 0.05) is 12.1 Å². The van der Waals surface area contributed by atoms with E-state index in [2.05, 4.69) is 5.32 Å². The van der Waals surface area contributed by atoms with Gasteiger partial charge in [0.2, 0.25) is 0 Å². The number of amides is 1. The summed E-state index contributed by atoms with van der Waals surface area (Å²) in [5.74, 6) is -1.17. The first-order chi connectivity index (χ1) is 11.0. The molecule has 0 spiro atoms. The predicted molar refractivity (Wildman–Crippen MR) is 85.3 cm³/mol. The first-order valence-corrected chi connectivity index (χ1v) is 7.34. The van der Waals surface area contributed by atoms with Gasteiger partial charge in [-0.05, 0) is 43.2 Å². The number of ether oxygens (including phenoxy) is 1. The van der Waals surface area contributed by atoms with Crippen molar-refractivity contribution in [2.24, 2.45) is 0 Å². The van der Waals surface area contributed by atoms with Crippen molar-refractivity contribution in [3.8, 4) is 0 Å². The van der Waals surface area contributed by atoms with Gasteiger partial charge >= 0.3 is 5.97 Å². The third-order valence-electron chi connectivity index (χ3n) is 3.25. The SMILES string of the molecule is C[C@H](OC(=O)CCc1ccc(F)cc1)C(=O)Nc1ccccc1. The maximum atomic E-state index is 12.8. The van der Waals surface area contributed by atoms with Gasteiger partial charge < -0.3 is 10.1 Å². The summed E-state index contributed by atoms with van der Waals surface area (Å²) >= 11 is 0. The van der Waals surface area contributed by atoms with Gasteiger partial charge in [0.05, 0.1) is 0 Å². The molecule has 0 radical (unpaired) electrons. The van der Waals surface area contributed by atoms with Crippen molar-refractivity contribution in [3.05, 3.63) is 66.0 Å². The molecule has 0 saturated heterocycles. The molecule has 1 amide bonds. The Morgan fingerprint density at radius 3 is 2.39 bits per heavy atom. The third kappa shape index (κ3) is 5.54. The molecule has 23 heavy (non-hydrogen) atoms. The van der Waals surface area contributed by atoms with Crippen LogP contribution in [0.5, 0.6) is 0 Å². The molecule has 0 unspecified atom stereocenters. The highest BCUT2D eigenvalue weighted by Gasteiger charge is 2.17. The number of aryl methyl sites for hydroxylation is 1. The zero-order valence-electron chi connectivity index (χ0n) is 12.8. The fourth-order valence-electron chi connectivity index (χ4n) is 1.97. The first-order valence-electron chi connectivity index (χ1n) is 7.34. The van der Waals surface area contributed by atoms with Crippen LogP contribution in [0, 0.1) is 5.82 Å². The summed E-state index contributed by atoms with van der Waals surface area (Å²) in [6.07, 6.45) is -0.309. The fourth-order valence-corrected chi connectivity index (χ4v) is 1.97. The maximum absolute atomic E-state index is 12.8. The molecule has 0 saturated carbocycles. The molecule has 0 bridgehead atoms. The van der Waals surface area contributed by atoms with Gasteiger partial charge in [-0.2, -0.15) is 0 Å². The number of anilines is 1. The molecule has 0 aliphatic rings. The number of hydrogen-bond acceptors (Lipinski definition) is 3. The molecule has 0 aliphatic carbocycles. The van der Waals surface area contributed by atoms with E-state index in [-0.39, 0.29) is 18.1 Å². The van der Waals surface area contributed by atoms with Crippen molar-refractivity contribution in [1.29, 1.82) is 0 Å². The quantitative estimate of drug-likeness (QED) is 0.832. The Morgan fingerprint density at radius 2 is 1.74 bits per heavy atom. The Kier molecular flexibility index (Phi) is 5.86. The summed E-state index contributed by atoms with van der Waals surface area (Å²) in [6, 6.07) is 14.9. The summed E-state index contributed by atoms with van der Waals surface area (Å²) in [4.78, 5) is 23.7. The molecule has 4 nitrogen and oxygen atoms in total. The smallest absolute Gasteiger partial charge is 0.306 e. The minimum absolute atomic E-state index is 0.134. The van der Waals surface area contributed by atoms with E-state index in [0.717, 1.165) is 5.56 Å². The van der Waals surface area contributed by atoms with E-state index < -0.39 is 12.1 Å². The molecule has 0 aromatic heterocycles. The van der Waals surface area contributed by atoms with Gasteiger partial charge in [0.1, 0.15) is 5.82 Å².